The minimum Gasteiger partial charge on any atom is -0.339 e. The first kappa shape index (κ1) is 12.9. The molecule has 0 radical (unpaired) electrons. The highest BCUT2D eigenvalue weighted by molar-refractivity contribution is 5.82. The molecule has 1 saturated heterocycles. The number of nitrogens with zero attached hydrogens (tertiary/aromatic N) is 2. The SMILES string of the molecule is O=C(Cn1ccc(=O)c2ccccc21)N1CCNCC1. The molecule has 0 spiro atoms. The Hall–Kier alpha value is -2.14. The molecule has 0 saturated carbocycles. The molecule has 1 aromatic carbocycles. The van der Waals surface area contributed by atoms with Crippen LogP contribution < -0.4 is 10.7 Å². The van der Waals surface area contributed by atoms with Gasteiger partial charge in [-0.15, -0.1) is 0 Å². The van der Waals surface area contributed by atoms with Crippen molar-refractivity contribution < 1.29 is 4.79 Å². The third-order valence-corrected chi connectivity index (χ3v) is 3.66. The maximum Gasteiger partial charge on any atom is 0.242 e. The van der Waals surface area contributed by atoms with E-state index in [-0.39, 0.29) is 17.9 Å². The van der Waals surface area contributed by atoms with Gasteiger partial charge in [0.15, 0.2) is 5.43 Å². The van der Waals surface area contributed by atoms with Crippen LogP contribution in [0.5, 0.6) is 0 Å². The van der Waals surface area contributed by atoms with Crippen molar-refractivity contribution in [3.8, 4) is 0 Å². The van der Waals surface area contributed by atoms with Crippen molar-refractivity contribution >= 4 is 16.8 Å². The normalized spacial score (nSPS) is 15.5. The van der Waals surface area contributed by atoms with Crippen LogP contribution in [0.1, 0.15) is 0 Å². The zero-order valence-corrected chi connectivity index (χ0v) is 11.2. The maximum absolute atomic E-state index is 12.3. The topological polar surface area (TPSA) is 54.3 Å². The number of amides is 1. The van der Waals surface area contributed by atoms with Crippen molar-refractivity contribution in [3.63, 3.8) is 0 Å². The summed E-state index contributed by atoms with van der Waals surface area (Å²) in [4.78, 5) is 26.0. The summed E-state index contributed by atoms with van der Waals surface area (Å²) in [6.07, 6.45) is 1.70. The number of para-hydroxylation sites is 1. The van der Waals surface area contributed by atoms with Crippen molar-refractivity contribution in [1.82, 2.24) is 14.8 Å². The lowest BCUT2D eigenvalue weighted by atomic mass is 10.2. The van der Waals surface area contributed by atoms with E-state index in [1.165, 1.54) is 6.07 Å². The molecule has 5 heteroatoms. The van der Waals surface area contributed by atoms with Gasteiger partial charge in [-0.3, -0.25) is 9.59 Å². The number of carbonyl (C=O) groups is 1. The van der Waals surface area contributed by atoms with E-state index in [2.05, 4.69) is 5.32 Å². The Kier molecular flexibility index (Phi) is 3.52. The third kappa shape index (κ3) is 2.44. The number of fused-ring (bicyclic) bond motifs is 1. The summed E-state index contributed by atoms with van der Waals surface area (Å²) in [6.45, 7) is 3.46. The molecule has 1 amide bonds. The summed E-state index contributed by atoms with van der Waals surface area (Å²) in [6, 6.07) is 8.92. The van der Waals surface area contributed by atoms with E-state index < -0.39 is 0 Å². The van der Waals surface area contributed by atoms with Crippen molar-refractivity contribution in [3.05, 3.63) is 46.8 Å². The van der Waals surface area contributed by atoms with E-state index in [4.69, 9.17) is 0 Å². The number of pyridine rings is 1. The Labute approximate surface area is 116 Å². The Bertz CT molecular complexity index is 687. The molecule has 1 N–H and O–H groups in total. The molecule has 0 bridgehead atoms. The van der Waals surface area contributed by atoms with E-state index >= 15 is 0 Å². The lowest BCUT2D eigenvalue weighted by molar-refractivity contribution is -0.132. The Balaban J connectivity index is 1.89. The monoisotopic (exact) mass is 271 g/mol. The second-order valence-corrected chi connectivity index (χ2v) is 4.96. The molecular weight excluding hydrogens is 254 g/mol. The number of hydrogen-bond acceptors (Lipinski definition) is 3. The molecule has 1 aromatic heterocycles. The van der Waals surface area contributed by atoms with E-state index in [0.29, 0.717) is 5.39 Å². The predicted octanol–water partition coefficient (Wildman–Crippen LogP) is 0.433. The maximum atomic E-state index is 12.3. The lowest BCUT2D eigenvalue weighted by Gasteiger charge is -2.28. The summed E-state index contributed by atoms with van der Waals surface area (Å²) in [7, 11) is 0. The molecule has 0 unspecified atom stereocenters. The average Bonchev–Trinajstić information content (AvgIpc) is 2.51. The van der Waals surface area contributed by atoms with Crippen molar-refractivity contribution in [2.45, 2.75) is 6.54 Å². The number of rotatable bonds is 2. The Morgan fingerprint density at radius 3 is 2.70 bits per heavy atom. The van der Waals surface area contributed by atoms with Crippen LogP contribution in [0.3, 0.4) is 0 Å². The van der Waals surface area contributed by atoms with Gasteiger partial charge in [-0.1, -0.05) is 12.1 Å². The number of piperazine rings is 1. The molecule has 2 aromatic rings. The number of nitrogens with one attached hydrogen (secondary N) is 1. The second kappa shape index (κ2) is 5.46. The van der Waals surface area contributed by atoms with Gasteiger partial charge in [0.05, 0.1) is 5.52 Å². The van der Waals surface area contributed by atoms with Crippen LogP contribution in [0.25, 0.3) is 10.9 Å². The van der Waals surface area contributed by atoms with Crippen LogP contribution in [0, 0.1) is 0 Å². The van der Waals surface area contributed by atoms with Gasteiger partial charge in [0, 0.05) is 43.8 Å². The first-order chi connectivity index (χ1) is 9.75. The van der Waals surface area contributed by atoms with Gasteiger partial charge in [-0.2, -0.15) is 0 Å². The number of hydrogen-bond donors (Lipinski definition) is 1. The summed E-state index contributed by atoms with van der Waals surface area (Å²) in [5.74, 6) is 0.0975. The van der Waals surface area contributed by atoms with E-state index in [0.717, 1.165) is 31.7 Å². The van der Waals surface area contributed by atoms with Crippen molar-refractivity contribution in [2.24, 2.45) is 0 Å². The van der Waals surface area contributed by atoms with Gasteiger partial charge in [0.25, 0.3) is 0 Å². The molecular formula is C15H17N3O2. The molecule has 104 valence electrons. The van der Waals surface area contributed by atoms with Crippen LogP contribution >= 0.6 is 0 Å². The first-order valence-corrected chi connectivity index (χ1v) is 6.82. The highest BCUT2D eigenvalue weighted by Crippen LogP contribution is 2.10. The molecule has 3 rings (SSSR count). The number of benzene rings is 1. The van der Waals surface area contributed by atoms with Crippen LogP contribution in [-0.4, -0.2) is 41.6 Å². The highest BCUT2D eigenvalue weighted by atomic mass is 16.2. The van der Waals surface area contributed by atoms with Gasteiger partial charge in [0.1, 0.15) is 6.54 Å². The van der Waals surface area contributed by atoms with E-state index in [1.54, 1.807) is 12.3 Å². The molecule has 1 aliphatic rings. The molecule has 20 heavy (non-hydrogen) atoms. The first-order valence-electron chi connectivity index (χ1n) is 6.82. The highest BCUT2D eigenvalue weighted by Gasteiger charge is 2.16. The molecule has 5 nitrogen and oxygen atoms in total. The number of aromatic nitrogens is 1. The summed E-state index contributed by atoms with van der Waals surface area (Å²) < 4.78 is 1.85. The Morgan fingerprint density at radius 1 is 1.15 bits per heavy atom. The van der Waals surface area contributed by atoms with Crippen LogP contribution in [0.15, 0.2) is 41.3 Å². The largest absolute Gasteiger partial charge is 0.339 e. The van der Waals surface area contributed by atoms with Crippen molar-refractivity contribution in [1.29, 1.82) is 0 Å². The smallest absolute Gasteiger partial charge is 0.242 e. The summed E-state index contributed by atoms with van der Waals surface area (Å²) in [5, 5.41) is 3.88. The minimum atomic E-state index is -0.00790. The standard InChI is InChI=1S/C15H17N3O2/c19-14-5-8-18(13-4-2-1-3-12(13)14)11-15(20)17-9-6-16-7-10-17/h1-5,8,16H,6-7,9-11H2. The zero-order chi connectivity index (χ0) is 13.9. The van der Waals surface area contributed by atoms with E-state index in [9.17, 15) is 9.59 Å². The molecule has 1 fully saturated rings. The van der Waals surface area contributed by atoms with Gasteiger partial charge >= 0.3 is 0 Å². The summed E-state index contributed by atoms with van der Waals surface area (Å²) in [5.41, 5.74) is 0.801. The number of carbonyl (C=O) groups excluding carboxylic acids is 1. The average molecular weight is 271 g/mol. The summed E-state index contributed by atoms with van der Waals surface area (Å²) >= 11 is 0. The van der Waals surface area contributed by atoms with Crippen LogP contribution in [-0.2, 0) is 11.3 Å². The Morgan fingerprint density at radius 2 is 1.90 bits per heavy atom. The van der Waals surface area contributed by atoms with Crippen LogP contribution in [0.2, 0.25) is 0 Å². The van der Waals surface area contributed by atoms with Gasteiger partial charge in [-0.25, -0.2) is 0 Å². The molecule has 1 aliphatic heterocycles. The van der Waals surface area contributed by atoms with Gasteiger partial charge < -0.3 is 14.8 Å². The van der Waals surface area contributed by atoms with Crippen LogP contribution in [0.4, 0.5) is 0 Å². The third-order valence-electron chi connectivity index (χ3n) is 3.66. The second-order valence-electron chi connectivity index (χ2n) is 4.96. The predicted molar refractivity (Wildman–Crippen MR) is 77.7 cm³/mol. The van der Waals surface area contributed by atoms with E-state index in [1.807, 2.05) is 27.7 Å². The zero-order valence-electron chi connectivity index (χ0n) is 11.2. The minimum absolute atomic E-state index is 0.00790. The van der Waals surface area contributed by atoms with Gasteiger partial charge in [0.2, 0.25) is 5.91 Å². The molecule has 2 heterocycles. The fourth-order valence-electron chi connectivity index (χ4n) is 2.56. The fraction of sp³-hybridized carbons (Fsp3) is 0.333. The lowest BCUT2D eigenvalue weighted by Crippen LogP contribution is -2.47. The molecule has 0 atom stereocenters. The fourth-order valence-corrected chi connectivity index (χ4v) is 2.56. The van der Waals surface area contributed by atoms with Gasteiger partial charge in [-0.05, 0) is 12.1 Å². The molecule has 0 aliphatic carbocycles. The van der Waals surface area contributed by atoms with Crippen molar-refractivity contribution in [2.75, 3.05) is 26.2 Å². The quantitative estimate of drug-likeness (QED) is 0.862.